The van der Waals surface area contributed by atoms with Gasteiger partial charge in [0, 0.05) is 18.7 Å². The second-order valence-electron chi connectivity index (χ2n) is 5.14. The minimum absolute atomic E-state index is 0.131. The van der Waals surface area contributed by atoms with Crippen molar-refractivity contribution < 1.29 is 9.59 Å². The van der Waals surface area contributed by atoms with Gasteiger partial charge in [-0.15, -0.1) is 11.6 Å². The highest BCUT2D eigenvalue weighted by molar-refractivity contribution is 6.30. The van der Waals surface area contributed by atoms with E-state index >= 15 is 0 Å². The van der Waals surface area contributed by atoms with Crippen LogP contribution in [0.2, 0.25) is 0 Å². The molecule has 0 bridgehead atoms. The molecule has 0 spiro atoms. The molecule has 1 rings (SSSR count). The fourth-order valence-corrected chi connectivity index (χ4v) is 1.87. The van der Waals surface area contributed by atoms with E-state index in [-0.39, 0.29) is 24.8 Å². The number of carbonyl (C=O) groups is 2. The van der Waals surface area contributed by atoms with Crippen LogP contribution in [0.1, 0.15) is 45.1 Å². The van der Waals surface area contributed by atoms with Gasteiger partial charge in [0.25, 0.3) is 0 Å². The number of benzene rings is 1. The van der Waals surface area contributed by atoms with Crippen LogP contribution in [0.15, 0.2) is 24.3 Å². The van der Waals surface area contributed by atoms with Gasteiger partial charge >= 0.3 is 0 Å². The number of hydrogen-bond acceptors (Lipinski definition) is 2. The van der Waals surface area contributed by atoms with Crippen molar-refractivity contribution in [1.29, 1.82) is 0 Å². The molecular weight excluding hydrogens is 288 g/mol. The standard InChI is InChI=1S/C16H23ClN2O2/c1-4-11(2)13-5-7-14(8-6-13)19-15(20)9-10-18-16(21)12(3)17/h5-8,11-12H,4,9-10H2,1-3H3,(H,18,21)(H,19,20)/t11-,12+/m0/s1. The smallest absolute Gasteiger partial charge is 0.237 e. The lowest BCUT2D eigenvalue weighted by Crippen LogP contribution is -2.32. The van der Waals surface area contributed by atoms with Gasteiger partial charge in [-0.3, -0.25) is 9.59 Å². The third-order valence-corrected chi connectivity index (χ3v) is 3.59. The first-order chi connectivity index (χ1) is 9.93. The molecule has 2 N–H and O–H groups in total. The normalized spacial score (nSPS) is 13.3. The summed E-state index contributed by atoms with van der Waals surface area (Å²) in [4.78, 5) is 23.0. The Kier molecular flexibility index (Phi) is 7.23. The van der Waals surface area contributed by atoms with Crippen molar-refractivity contribution in [1.82, 2.24) is 5.32 Å². The minimum Gasteiger partial charge on any atom is -0.354 e. The summed E-state index contributed by atoms with van der Waals surface area (Å²) in [5, 5.41) is 4.82. The lowest BCUT2D eigenvalue weighted by atomic mass is 9.99. The van der Waals surface area contributed by atoms with Crippen molar-refractivity contribution in [2.45, 2.75) is 44.9 Å². The molecule has 0 aliphatic heterocycles. The lowest BCUT2D eigenvalue weighted by molar-refractivity contribution is -0.120. The van der Waals surface area contributed by atoms with Crippen LogP contribution in [0, 0.1) is 0 Å². The highest BCUT2D eigenvalue weighted by Crippen LogP contribution is 2.20. The molecule has 0 aliphatic rings. The third-order valence-electron chi connectivity index (χ3n) is 3.39. The SMILES string of the molecule is CC[C@H](C)c1ccc(NC(=O)CCNC(=O)[C@@H](C)Cl)cc1. The molecule has 4 nitrogen and oxygen atoms in total. The van der Waals surface area contributed by atoms with Gasteiger partial charge in [0.15, 0.2) is 0 Å². The van der Waals surface area contributed by atoms with Crippen LogP contribution >= 0.6 is 11.6 Å². The molecule has 116 valence electrons. The summed E-state index contributed by atoms with van der Waals surface area (Å²) >= 11 is 5.61. The van der Waals surface area contributed by atoms with Gasteiger partial charge in [-0.25, -0.2) is 0 Å². The van der Waals surface area contributed by atoms with Crippen LogP contribution in [0.25, 0.3) is 0 Å². The number of amides is 2. The zero-order valence-corrected chi connectivity index (χ0v) is 13.5. The molecule has 21 heavy (non-hydrogen) atoms. The summed E-state index contributed by atoms with van der Waals surface area (Å²) < 4.78 is 0. The number of hydrogen-bond donors (Lipinski definition) is 2. The summed E-state index contributed by atoms with van der Waals surface area (Å²) in [5.41, 5.74) is 2.03. The molecule has 2 amide bonds. The summed E-state index contributed by atoms with van der Waals surface area (Å²) in [5.74, 6) is 0.124. The number of nitrogens with one attached hydrogen (secondary N) is 2. The Morgan fingerprint density at radius 1 is 1.19 bits per heavy atom. The van der Waals surface area contributed by atoms with Gasteiger partial charge in [0.05, 0.1) is 0 Å². The molecule has 2 atom stereocenters. The fourth-order valence-electron chi connectivity index (χ4n) is 1.79. The largest absolute Gasteiger partial charge is 0.354 e. The molecule has 0 radical (unpaired) electrons. The highest BCUT2D eigenvalue weighted by Gasteiger charge is 2.09. The van der Waals surface area contributed by atoms with Crippen LogP contribution in [-0.4, -0.2) is 23.7 Å². The Balaban J connectivity index is 2.39. The monoisotopic (exact) mass is 310 g/mol. The molecule has 0 unspecified atom stereocenters. The van der Waals surface area contributed by atoms with Crippen molar-refractivity contribution >= 4 is 29.1 Å². The van der Waals surface area contributed by atoms with Crippen LogP contribution < -0.4 is 10.6 Å². The first-order valence-corrected chi connectivity index (χ1v) is 7.69. The average Bonchev–Trinajstić information content (AvgIpc) is 2.46. The van der Waals surface area contributed by atoms with Crippen LogP contribution in [-0.2, 0) is 9.59 Å². The Hall–Kier alpha value is -1.55. The summed E-state index contributed by atoms with van der Waals surface area (Å²) in [6.07, 6.45) is 1.31. The molecular formula is C16H23ClN2O2. The molecule has 1 aromatic carbocycles. The quantitative estimate of drug-likeness (QED) is 0.759. The lowest BCUT2D eigenvalue weighted by Gasteiger charge is -2.11. The van der Waals surface area contributed by atoms with E-state index in [1.807, 2.05) is 24.3 Å². The predicted octanol–water partition coefficient (Wildman–Crippen LogP) is 3.27. The molecule has 1 aromatic rings. The van der Waals surface area contributed by atoms with E-state index in [0.29, 0.717) is 5.92 Å². The Bertz CT molecular complexity index is 472. The second kappa shape index (κ2) is 8.67. The maximum absolute atomic E-state index is 11.7. The molecule has 0 aliphatic carbocycles. The van der Waals surface area contributed by atoms with Gasteiger partial charge in [0.2, 0.25) is 11.8 Å². The highest BCUT2D eigenvalue weighted by atomic mass is 35.5. The van der Waals surface area contributed by atoms with Crippen LogP contribution in [0.3, 0.4) is 0 Å². The first kappa shape index (κ1) is 17.5. The number of alkyl halides is 1. The summed E-state index contributed by atoms with van der Waals surface area (Å²) in [6, 6.07) is 7.86. The average molecular weight is 311 g/mol. The maximum Gasteiger partial charge on any atom is 0.237 e. The summed E-state index contributed by atoms with van der Waals surface area (Å²) in [7, 11) is 0. The Labute approximate surface area is 131 Å². The molecule has 0 aromatic heterocycles. The molecule has 0 saturated heterocycles. The van der Waals surface area contributed by atoms with E-state index in [4.69, 9.17) is 11.6 Å². The zero-order valence-electron chi connectivity index (χ0n) is 12.8. The summed E-state index contributed by atoms with van der Waals surface area (Å²) in [6.45, 7) is 6.20. The number of halogens is 1. The van der Waals surface area contributed by atoms with Crippen molar-refractivity contribution in [2.75, 3.05) is 11.9 Å². The van der Waals surface area contributed by atoms with E-state index in [2.05, 4.69) is 24.5 Å². The van der Waals surface area contributed by atoms with Crippen LogP contribution in [0.5, 0.6) is 0 Å². The van der Waals surface area contributed by atoms with Crippen molar-refractivity contribution in [3.05, 3.63) is 29.8 Å². The van der Waals surface area contributed by atoms with Gasteiger partial charge in [-0.2, -0.15) is 0 Å². The van der Waals surface area contributed by atoms with Gasteiger partial charge in [0.1, 0.15) is 5.38 Å². The van der Waals surface area contributed by atoms with Crippen LogP contribution in [0.4, 0.5) is 5.69 Å². The number of rotatable bonds is 7. The minimum atomic E-state index is -0.582. The molecule has 0 heterocycles. The topological polar surface area (TPSA) is 58.2 Å². The number of carbonyl (C=O) groups excluding carboxylic acids is 2. The van der Waals surface area contributed by atoms with E-state index in [9.17, 15) is 9.59 Å². The van der Waals surface area contributed by atoms with Crippen molar-refractivity contribution in [3.8, 4) is 0 Å². The second-order valence-corrected chi connectivity index (χ2v) is 5.79. The molecule has 0 fully saturated rings. The number of anilines is 1. The first-order valence-electron chi connectivity index (χ1n) is 7.25. The van der Waals surface area contributed by atoms with Crippen molar-refractivity contribution in [2.24, 2.45) is 0 Å². The van der Waals surface area contributed by atoms with Gasteiger partial charge in [-0.05, 0) is 37.0 Å². The maximum atomic E-state index is 11.7. The predicted molar refractivity (Wildman–Crippen MR) is 86.7 cm³/mol. The van der Waals surface area contributed by atoms with E-state index in [0.717, 1.165) is 12.1 Å². The van der Waals surface area contributed by atoms with Gasteiger partial charge < -0.3 is 10.6 Å². The molecule has 0 saturated carbocycles. The molecule has 5 heteroatoms. The van der Waals surface area contributed by atoms with E-state index in [1.165, 1.54) is 5.56 Å². The van der Waals surface area contributed by atoms with E-state index < -0.39 is 5.38 Å². The van der Waals surface area contributed by atoms with Crippen molar-refractivity contribution in [3.63, 3.8) is 0 Å². The fraction of sp³-hybridized carbons (Fsp3) is 0.500. The van der Waals surface area contributed by atoms with E-state index in [1.54, 1.807) is 6.92 Å². The third kappa shape index (κ3) is 6.17. The Morgan fingerprint density at radius 3 is 2.33 bits per heavy atom. The van der Waals surface area contributed by atoms with Gasteiger partial charge in [-0.1, -0.05) is 26.0 Å². The Morgan fingerprint density at radius 2 is 1.81 bits per heavy atom. The zero-order chi connectivity index (χ0) is 15.8.